The van der Waals surface area contributed by atoms with Gasteiger partial charge in [-0.3, -0.25) is 9.59 Å². The van der Waals surface area contributed by atoms with Gasteiger partial charge in [0, 0.05) is 38.7 Å². The average Bonchev–Trinajstić information content (AvgIpc) is 2.73. The minimum atomic E-state index is -0.127. The molecule has 2 aromatic carbocycles. The summed E-state index contributed by atoms with van der Waals surface area (Å²) in [4.78, 5) is 28.8. The molecule has 0 spiro atoms. The number of rotatable bonds is 6. The van der Waals surface area contributed by atoms with E-state index in [1.165, 1.54) is 0 Å². The second kappa shape index (κ2) is 9.56. The number of benzene rings is 2. The number of aryl methyl sites for hydroxylation is 2. The Hall–Kier alpha value is -2.86. The summed E-state index contributed by atoms with van der Waals surface area (Å²) in [6.45, 7) is 9.32. The van der Waals surface area contributed by atoms with Crippen LogP contribution in [0.2, 0.25) is 0 Å². The molecule has 1 aliphatic rings. The second-order valence-corrected chi connectivity index (χ2v) is 7.31. The zero-order valence-electron chi connectivity index (χ0n) is 17.4. The van der Waals surface area contributed by atoms with Crippen LogP contribution >= 0.6 is 0 Å². The van der Waals surface area contributed by atoms with E-state index in [4.69, 9.17) is 4.74 Å². The van der Waals surface area contributed by atoms with Crippen molar-refractivity contribution in [3.05, 3.63) is 59.2 Å². The molecule has 0 bridgehead atoms. The summed E-state index contributed by atoms with van der Waals surface area (Å²) in [6.07, 6.45) is 0. The van der Waals surface area contributed by atoms with Crippen molar-refractivity contribution in [3.63, 3.8) is 0 Å². The first kappa shape index (κ1) is 20.9. The molecule has 154 valence electrons. The molecule has 1 N–H and O–H groups in total. The summed E-state index contributed by atoms with van der Waals surface area (Å²) in [5.74, 6) is -0.177. The molecular weight excluding hydrogens is 366 g/mol. The number of para-hydroxylation sites is 2. The van der Waals surface area contributed by atoms with E-state index >= 15 is 0 Å². The molecule has 2 aromatic rings. The quantitative estimate of drug-likeness (QED) is 0.817. The van der Waals surface area contributed by atoms with Gasteiger partial charge in [0.25, 0.3) is 5.91 Å². The van der Waals surface area contributed by atoms with Crippen LogP contribution in [0.4, 0.5) is 11.4 Å². The van der Waals surface area contributed by atoms with Crippen LogP contribution in [0.25, 0.3) is 0 Å². The van der Waals surface area contributed by atoms with Crippen LogP contribution < -0.4 is 15.1 Å². The smallest absolute Gasteiger partial charge is 0.251 e. The van der Waals surface area contributed by atoms with Gasteiger partial charge < -0.3 is 19.9 Å². The van der Waals surface area contributed by atoms with Gasteiger partial charge in [0.1, 0.15) is 0 Å². The van der Waals surface area contributed by atoms with Crippen LogP contribution in [-0.2, 0) is 9.53 Å². The molecule has 3 rings (SSSR count). The fraction of sp³-hybridized carbons (Fsp3) is 0.391. The Labute approximate surface area is 172 Å². The molecule has 0 saturated carbocycles. The lowest BCUT2D eigenvalue weighted by Gasteiger charge is -2.33. The lowest BCUT2D eigenvalue weighted by atomic mass is 10.1. The highest BCUT2D eigenvalue weighted by atomic mass is 16.5. The summed E-state index contributed by atoms with van der Waals surface area (Å²) >= 11 is 0. The van der Waals surface area contributed by atoms with E-state index < -0.39 is 0 Å². The van der Waals surface area contributed by atoms with Crippen molar-refractivity contribution < 1.29 is 14.3 Å². The van der Waals surface area contributed by atoms with Crippen LogP contribution in [0.3, 0.4) is 0 Å². The van der Waals surface area contributed by atoms with Crippen molar-refractivity contribution in [2.75, 3.05) is 49.2 Å². The molecule has 0 aromatic heterocycles. The van der Waals surface area contributed by atoms with Crippen LogP contribution in [0.5, 0.6) is 0 Å². The topological polar surface area (TPSA) is 61.9 Å². The predicted octanol–water partition coefficient (Wildman–Crippen LogP) is 2.92. The highest BCUT2D eigenvalue weighted by Gasteiger charge is 2.20. The molecular formula is C23H29N3O3. The first-order valence-electron chi connectivity index (χ1n) is 10.0. The van der Waals surface area contributed by atoms with Crippen molar-refractivity contribution in [2.24, 2.45) is 0 Å². The standard InChI is InChI=1S/C23H29N3O3/c1-17-8-9-20(16-18(17)2)23(28)24-10-11-26(19(3)27)22-7-5-4-6-21(22)25-12-14-29-15-13-25/h4-9,16H,10-15H2,1-3H3,(H,24,28). The van der Waals surface area contributed by atoms with Crippen molar-refractivity contribution in [3.8, 4) is 0 Å². The van der Waals surface area contributed by atoms with Gasteiger partial charge >= 0.3 is 0 Å². The monoisotopic (exact) mass is 395 g/mol. The SMILES string of the molecule is CC(=O)N(CCNC(=O)c1ccc(C)c(C)c1)c1ccccc1N1CCOCC1. The summed E-state index contributed by atoms with van der Waals surface area (Å²) in [5, 5.41) is 2.93. The summed E-state index contributed by atoms with van der Waals surface area (Å²) in [7, 11) is 0. The van der Waals surface area contributed by atoms with E-state index in [0.717, 1.165) is 35.6 Å². The number of hydrogen-bond acceptors (Lipinski definition) is 4. The molecule has 0 atom stereocenters. The number of ether oxygens (including phenoxy) is 1. The van der Waals surface area contributed by atoms with Crippen LogP contribution in [0.15, 0.2) is 42.5 Å². The second-order valence-electron chi connectivity index (χ2n) is 7.31. The number of carbonyl (C=O) groups is 2. The van der Waals surface area contributed by atoms with E-state index in [0.29, 0.717) is 31.9 Å². The highest BCUT2D eigenvalue weighted by Crippen LogP contribution is 2.30. The number of anilines is 2. The average molecular weight is 396 g/mol. The largest absolute Gasteiger partial charge is 0.378 e. The molecule has 2 amide bonds. The van der Waals surface area contributed by atoms with Crippen molar-refractivity contribution >= 4 is 23.2 Å². The normalized spacial score (nSPS) is 13.8. The van der Waals surface area contributed by atoms with Gasteiger partial charge in [0.15, 0.2) is 0 Å². The number of nitrogens with one attached hydrogen (secondary N) is 1. The molecule has 0 unspecified atom stereocenters. The van der Waals surface area contributed by atoms with E-state index in [1.54, 1.807) is 11.8 Å². The molecule has 6 heteroatoms. The number of nitrogens with zero attached hydrogens (tertiary/aromatic N) is 2. The van der Waals surface area contributed by atoms with E-state index in [1.807, 2.05) is 56.3 Å². The van der Waals surface area contributed by atoms with E-state index in [9.17, 15) is 9.59 Å². The predicted molar refractivity (Wildman–Crippen MR) is 116 cm³/mol. The van der Waals surface area contributed by atoms with E-state index in [2.05, 4.69) is 10.2 Å². The lowest BCUT2D eigenvalue weighted by Crippen LogP contribution is -2.40. The van der Waals surface area contributed by atoms with Gasteiger partial charge in [-0.1, -0.05) is 18.2 Å². The Kier molecular flexibility index (Phi) is 6.88. The van der Waals surface area contributed by atoms with Gasteiger partial charge in [-0.05, 0) is 49.2 Å². The maximum atomic E-state index is 12.5. The summed E-state index contributed by atoms with van der Waals surface area (Å²) in [6, 6.07) is 13.6. The molecule has 1 fully saturated rings. The molecule has 1 heterocycles. The number of hydrogen-bond donors (Lipinski definition) is 1. The third-order valence-electron chi connectivity index (χ3n) is 5.29. The fourth-order valence-electron chi connectivity index (χ4n) is 3.48. The van der Waals surface area contributed by atoms with Crippen molar-refractivity contribution in [1.82, 2.24) is 5.32 Å². The first-order valence-corrected chi connectivity index (χ1v) is 10.0. The Bertz CT molecular complexity index is 875. The van der Waals surface area contributed by atoms with Crippen LogP contribution in [0.1, 0.15) is 28.4 Å². The van der Waals surface area contributed by atoms with Crippen molar-refractivity contribution in [2.45, 2.75) is 20.8 Å². The van der Waals surface area contributed by atoms with Gasteiger partial charge in [-0.15, -0.1) is 0 Å². The Morgan fingerprint density at radius 2 is 1.79 bits per heavy atom. The minimum absolute atomic E-state index is 0.0499. The van der Waals surface area contributed by atoms with Crippen LogP contribution in [-0.4, -0.2) is 51.2 Å². The molecule has 6 nitrogen and oxygen atoms in total. The summed E-state index contributed by atoms with van der Waals surface area (Å²) < 4.78 is 5.45. The highest BCUT2D eigenvalue weighted by molar-refractivity contribution is 5.96. The summed E-state index contributed by atoms with van der Waals surface area (Å²) in [5.41, 5.74) is 4.76. The maximum absolute atomic E-state index is 12.5. The molecule has 29 heavy (non-hydrogen) atoms. The van der Waals surface area contributed by atoms with Gasteiger partial charge in [-0.25, -0.2) is 0 Å². The zero-order valence-corrected chi connectivity index (χ0v) is 17.4. The fourth-order valence-corrected chi connectivity index (χ4v) is 3.48. The molecule has 0 aliphatic carbocycles. The Balaban J connectivity index is 1.69. The first-order chi connectivity index (χ1) is 14.0. The zero-order chi connectivity index (χ0) is 20.8. The Morgan fingerprint density at radius 3 is 2.48 bits per heavy atom. The Morgan fingerprint density at radius 1 is 1.07 bits per heavy atom. The number of amides is 2. The third-order valence-corrected chi connectivity index (χ3v) is 5.29. The number of carbonyl (C=O) groups excluding carboxylic acids is 2. The minimum Gasteiger partial charge on any atom is -0.378 e. The third kappa shape index (κ3) is 5.15. The van der Waals surface area contributed by atoms with E-state index in [-0.39, 0.29) is 11.8 Å². The molecule has 1 saturated heterocycles. The maximum Gasteiger partial charge on any atom is 0.251 e. The lowest BCUT2D eigenvalue weighted by molar-refractivity contribution is -0.116. The van der Waals surface area contributed by atoms with Gasteiger partial charge in [-0.2, -0.15) is 0 Å². The van der Waals surface area contributed by atoms with Crippen LogP contribution in [0, 0.1) is 13.8 Å². The van der Waals surface area contributed by atoms with Gasteiger partial charge in [0.05, 0.1) is 24.6 Å². The number of morpholine rings is 1. The molecule has 0 radical (unpaired) electrons. The van der Waals surface area contributed by atoms with Crippen molar-refractivity contribution in [1.29, 1.82) is 0 Å². The van der Waals surface area contributed by atoms with Gasteiger partial charge in [0.2, 0.25) is 5.91 Å². The molecule has 1 aliphatic heterocycles.